The molecule has 7 heteroatoms. The molecule has 2 rings (SSSR count). The summed E-state index contributed by atoms with van der Waals surface area (Å²) in [6.07, 6.45) is 0. The molecule has 0 amide bonds. The minimum atomic E-state index is -0.671. The van der Waals surface area contributed by atoms with Gasteiger partial charge in [-0.25, -0.2) is 4.79 Å². The Bertz CT molecular complexity index is 776. The second-order valence-electron chi connectivity index (χ2n) is 4.69. The number of methoxy groups -OCH3 is 2. The summed E-state index contributed by atoms with van der Waals surface area (Å²) in [5, 5.41) is 0.252. The lowest BCUT2D eigenvalue weighted by molar-refractivity contribution is 0.0475. The van der Waals surface area contributed by atoms with Crippen molar-refractivity contribution in [3.05, 3.63) is 57.0 Å². The van der Waals surface area contributed by atoms with Crippen LogP contribution < -0.4 is 9.47 Å². The van der Waals surface area contributed by atoms with Gasteiger partial charge in [0.1, 0.15) is 0 Å². The van der Waals surface area contributed by atoms with Crippen molar-refractivity contribution in [1.82, 2.24) is 0 Å². The molecule has 0 saturated heterocycles. The van der Waals surface area contributed by atoms with Crippen LogP contribution in [-0.2, 0) is 4.74 Å². The summed E-state index contributed by atoms with van der Waals surface area (Å²) >= 11 is 9.21. The number of halogens is 2. The number of hydrogen-bond donors (Lipinski definition) is 0. The van der Waals surface area contributed by atoms with Crippen molar-refractivity contribution in [1.29, 1.82) is 0 Å². The number of carbonyl (C=O) groups is 2. The van der Waals surface area contributed by atoms with Crippen LogP contribution >= 0.6 is 27.5 Å². The SMILES string of the molecule is COc1ccc(C(=O)COC(=O)c2cc(Br)ccc2Cl)cc1OC. The van der Waals surface area contributed by atoms with E-state index < -0.39 is 12.6 Å². The molecule has 0 aliphatic carbocycles. The predicted octanol–water partition coefficient (Wildman–Crippen LogP) is 4.16. The number of rotatable bonds is 6. The Labute approximate surface area is 152 Å². The normalized spacial score (nSPS) is 10.2. The van der Waals surface area contributed by atoms with Crippen LogP contribution in [0.15, 0.2) is 40.9 Å². The van der Waals surface area contributed by atoms with Gasteiger partial charge >= 0.3 is 5.97 Å². The molecule has 2 aromatic carbocycles. The van der Waals surface area contributed by atoms with Crippen molar-refractivity contribution in [2.45, 2.75) is 0 Å². The van der Waals surface area contributed by atoms with Crippen LogP contribution in [0.3, 0.4) is 0 Å². The van der Waals surface area contributed by atoms with Gasteiger partial charge in [0, 0.05) is 10.0 Å². The maximum atomic E-state index is 12.2. The molecule has 2 aromatic rings. The summed E-state index contributed by atoms with van der Waals surface area (Å²) in [5.74, 6) is -0.109. The van der Waals surface area contributed by atoms with Crippen molar-refractivity contribution < 1.29 is 23.8 Å². The van der Waals surface area contributed by atoms with E-state index in [4.69, 9.17) is 25.8 Å². The minimum Gasteiger partial charge on any atom is -0.493 e. The monoisotopic (exact) mass is 412 g/mol. The Morgan fingerprint density at radius 2 is 1.75 bits per heavy atom. The first-order valence-corrected chi connectivity index (χ1v) is 8.00. The van der Waals surface area contributed by atoms with Crippen LogP contribution in [0.25, 0.3) is 0 Å². The second kappa shape index (κ2) is 8.17. The number of ketones is 1. The Morgan fingerprint density at radius 1 is 1.04 bits per heavy atom. The van der Waals surface area contributed by atoms with Crippen molar-refractivity contribution in [3.63, 3.8) is 0 Å². The first kappa shape index (κ1) is 18.3. The predicted molar refractivity (Wildman–Crippen MR) is 93.3 cm³/mol. The largest absolute Gasteiger partial charge is 0.493 e. The molecule has 0 fully saturated rings. The lowest BCUT2D eigenvalue weighted by Crippen LogP contribution is -2.14. The highest BCUT2D eigenvalue weighted by molar-refractivity contribution is 9.10. The highest BCUT2D eigenvalue weighted by Gasteiger charge is 2.16. The fraction of sp³-hybridized carbons (Fsp3) is 0.176. The van der Waals surface area contributed by atoms with Crippen LogP contribution in [0.5, 0.6) is 11.5 Å². The van der Waals surface area contributed by atoms with E-state index in [1.165, 1.54) is 26.4 Å². The third-order valence-electron chi connectivity index (χ3n) is 3.19. The molecule has 0 bridgehead atoms. The fourth-order valence-electron chi connectivity index (χ4n) is 1.96. The van der Waals surface area contributed by atoms with Gasteiger partial charge in [-0.2, -0.15) is 0 Å². The number of ether oxygens (including phenoxy) is 3. The molecule has 0 atom stereocenters. The van der Waals surface area contributed by atoms with Crippen LogP contribution in [0.1, 0.15) is 20.7 Å². The van der Waals surface area contributed by atoms with Crippen LogP contribution in [0, 0.1) is 0 Å². The van der Waals surface area contributed by atoms with E-state index in [9.17, 15) is 9.59 Å². The molecule has 5 nitrogen and oxygen atoms in total. The van der Waals surface area contributed by atoms with Crippen molar-refractivity contribution in [2.24, 2.45) is 0 Å². The number of hydrogen-bond acceptors (Lipinski definition) is 5. The van der Waals surface area contributed by atoms with Crippen molar-refractivity contribution in [3.8, 4) is 11.5 Å². The molecule has 0 saturated carbocycles. The third-order valence-corrected chi connectivity index (χ3v) is 4.01. The maximum absolute atomic E-state index is 12.2. The van der Waals surface area contributed by atoms with Gasteiger partial charge in [0.2, 0.25) is 0 Å². The Kier molecular flexibility index (Phi) is 6.23. The zero-order chi connectivity index (χ0) is 17.7. The van der Waals surface area contributed by atoms with Crippen LogP contribution in [-0.4, -0.2) is 32.6 Å². The van der Waals surface area contributed by atoms with Gasteiger partial charge in [-0.1, -0.05) is 27.5 Å². The molecule has 0 spiro atoms. The molecule has 0 aromatic heterocycles. The quantitative estimate of drug-likeness (QED) is 0.526. The lowest BCUT2D eigenvalue weighted by atomic mass is 10.1. The van der Waals surface area contributed by atoms with Gasteiger partial charge in [-0.15, -0.1) is 0 Å². The molecule has 0 heterocycles. The van der Waals surface area contributed by atoms with E-state index in [-0.39, 0.29) is 16.4 Å². The van der Waals surface area contributed by atoms with Gasteiger partial charge in [-0.05, 0) is 36.4 Å². The van der Waals surface area contributed by atoms with Gasteiger partial charge in [0.15, 0.2) is 23.9 Å². The zero-order valence-electron chi connectivity index (χ0n) is 13.0. The van der Waals surface area contributed by atoms with Crippen molar-refractivity contribution >= 4 is 39.3 Å². The van der Waals surface area contributed by atoms with Crippen molar-refractivity contribution in [2.75, 3.05) is 20.8 Å². The average molecular weight is 414 g/mol. The van der Waals surface area contributed by atoms with Gasteiger partial charge < -0.3 is 14.2 Å². The number of esters is 1. The average Bonchev–Trinajstić information content (AvgIpc) is 2.60. The van der Waals surface area contributed by atoms with E-state index in [1.807, 2.05) is 0 Å². The fourth-order valence-corrected chi connectivity index (χ4v) is 2.51. The topological polar surface area (TPSA) is 61.8 Å². The molecule has 24 heavy (non-hydrogen) atoms. The molecule has 0 aliphatic heterocycles. The standard InChI is InChI=1S/C17H14BrClO5/c1-22-15-6-3-10(7-16(15)23-2)14(20)9-24-17(21)12-8-11(18)4-5-13(12)19/h3-8H,9H2,1-2H3. The van der Waals surface area contributed by atoms with E-state index in [1.54, 1.807) is 24.3 Å². The zero-order valence-corrected chi connectivity index (χ0v) is 15.3. The van der Waals surface area contributed by atoms with E-state index in [0.717, 1.165) is 0 Å². The Hall–Kier alpha value is -2.05. The highest BCUT2D eigenvalue weighted by Crippen LogP contribution is 2.28. The molecular formula is C17H14BrClO5. The van der Waals surface area contributed by atoms with Crippen LogP contribution in [0.2, 0.25) is 5.02 Å². The summed E-state index contributed by atoms with van der Waals surface area (Å²) in [5.41, 5.74) is 0.534. The summed E-state index contributed by atoms with van der Waals surface area (Å²) in [6, 6.07) is 9.52. The lowest BCUT2D eigenvalue weighted by Gasteiger charge is -2.10. The Balaban J connectivity index is 2.07. The molecule has 0 radical (unpaired) electrons. The molecule has 0 N–H and O–H groups in total. The number of carbonyl (C=O) groups excluding carboxylic acids is 2. The summed E-state index contributed by atoms with van der Waals surface area (Å²) in [4.78, 5) is 24.2. The maximum Gasteiger partial charge on any atom is 0.340 e. The molecular weight excluding hydrogens is 400 g/mol. The van der Waals surface area contributed by atoms with Gasteiger partial charge in [-0.3, -0.25) is 4.79 Å². The first-order valence-electron chi connectivity index (χ1n) is 6.83. The van der Waals surface area contributed by atoms with Crippen LogP contribution in [0.4, 0.5) is 0 Å². The summed E-state index contributed by atoms with van der Waals surface area (Å²) in [6.45, 7) is -0.406. The second-order valence-corrected chi connectivity index (χ2v) is 6.02. The van der Waals surface area contributed by atoms with Gasteiger partial charge in [0.05, 0.1) is 24.8 Å². The van der Waals surface area contributed by atoms with Gasteiger partial charge in [0.25, 0.3) is 0 Å². The summed E-state index contributed by atoms with van der Waals surface area (Å²) in [7, 11) is 2.98. The summed E-state index contributed by atoms with van der Waals surface area (Å²) < 4.78 is 16.0. The Morgan fingerprint density at radius 3 is 2.42 bits per heavy atom. The number of benzene rings is 2. The third kappa shape index (κ3) is 4.27. The molecule has 126 valence electrons. The van der Waals surface area contributed by atoms with E-state index >= 15 is 0 Å². The molecule has 0 unspecified atom stereocenters. The molecule has 0 aliphatic rings. The van der Waals surface area contributed by atoms with E-state index in [0.29, 0.717) is 21.5 Å². The first-order chi connectivity index (χ1) is 11.5. The smallest absolute Gasteiger partial charge is 0.340 e. The highest BCUT2D eigenvalue weighted by atomic mass is 79.9. The number of Topliss-reactive ketones (excluding diaryl/α,β-unsaturated/α-hetero) is 1. The minimum absolute atomic E-state index is 0.186. The van der Waals surface area contributed by atoms with E-state index in [2.05, 4.69) is 15.9 Å².